The highest BCUT2D eigenvalue weighted by Crippen LogP contribution is 2.31. The van der Waals surface area contributed by atoms with Crippen LogP contribution >= 0.6 is 0 Å². The van der Waals surface area contributed by atoms with Crippen molar-refractivity contribution in [3.63, 3.8) is 0 Å². The Morgan fingerprint density at radius 3 is 2.35 bits per heavy atom. The first-order valence-corrected chi connectivity index (χ1v) is 11.7. The average molecular weight is 514 g/mol. The van der Waals surface area contributed by atoms with Crippen LogP contribution in [0.2, 0.25) is 0 Å². The normalized spacial score (nSPS) is 14.0. The number of aromatic nitrogens is 1. The van der Waals surface area contributed by atoms with Crippen LogP contribution in [0.1, 0.15) is 22.8 Å². The number of hydrogen-bond acceptors (Lipinski definition) is 5. The quantitative estimate of drug-likeness (QED) is 0.355. The zero-order valence-corrected chi connectivity index (χ0v) is 20.5. The zero-order valence-electron chi connectivity index (χ0n) is 20.5. The van der Waals surface area contributed by atoms with Crippen LogP contribution in [-0.4, -0.2) is 61.1 Å². The van der Waals surface area contributed by atoms with Crippen molar-refractivity contribution < 1.29 is 27.5 Å². The second-order valence-electron chi connectivity index (χ2n) is 8.64. The van der Waals surface area contributed by atoms with Crippen LogP contribution in [0.4, 0.5) is 18.9 Å². The van der Waals surface area contributed by atoms with Gasteiger partial charge < -0.3 is 19.1 Å². The molecule has 0 N–H and O–H groups in total. The van der Waals surface area contributed by atoms with Gasteiger partial charge in [-0.2, -0.15) is 0 Å². The fraction of sp³-hybridized carbons (Fsp3) is 0.296. The lowest BCUT2D eigenvalue weighted by Crippen LogP contribution is -2.48. The summed E-state index contributed by atoms with van der Waals surface area (Å²) >= 11 is 0. The maximum absolute atomic E-state index is 15.7. The summed E-state index contributed by atoms with van der Waals surface area (Å²) in [5.41, 5.74) is -1.12. The summed E-state index contributed by atoms with van der Waals surface area (Å²) in [6.07, 6.45) is 3.79. The molecule has 0 saturated carbocycles. The molecule has 0 spiro atoms. The van der Waals surface area contributed by atoms with Gasteiger partial charge in [0.15, 0.2) is 11.6 Å². The number of ketones is 1. The van der Waals surface area contributed by atoms with Gasteiger partial charge >= 0.3 is 0 Å². The van der Waals surface area contributed by atoms with Crippen LogP contribution < -0.4 is 15.1 Å². The van der Waals surface area contributed by atoms with E-state index in [0.717, 1.165) is 16.8 Å². The SMILES string of the molecule is COc1ccc(C=CC(=O)c2cn(CCF)c3c(F)c(N4CCN(C(C)=O)CC4)c(F)cc3c2=O)cc1. The van der Waals surface area contributed by atoms with E-state index in [0.29, 0.717) is 11.3 Å². The maximum Gasteiger partial charge on any atom is 0.219 e. The number of benzene rings is 2. The molecule has 1 aliphatic rings. The Morgan fingerprint density at radius 2 is 1.76 bits per heavy atom. The van der Waals surface area contributed by atoms with Crippen molar-refractivity contribution in [2.45, 2.75) is 13.5 Å². The number of amides is 1. The number of methoxy groups -OCH3 is 1. The minimum atomic E-state index is -1.01. The van der Waals surface area contributed by atoms with Gasteiger partial charge in [-0.3, -0.25) is 14.4 Å². The summed E-state index contributed by atoms with van der Waals surface area (Å²) in [7, 11) is 1.53. The van der Waals surface area contributed by atoms with E-state index in [4.69, 9.17) is 4.74 Å². The second-order valence-corrected chi connectivity index (χ2v) is 8.64. The number of carbonyl (C=O) groups is 2. The molecule has 4 rings (SSSR count). The van der Waals surface area contributed by atoms with E-state index in [-0.39, 0.29) is 60.8 Å². The van der Waals surface area contributed by atoms with Gasteiger partial charge in [0.25, 0.3) is 0 Å². The molecule has 0 aliphatic carbocycles. The van der Waals surface area contributed by atoms with E-state index in [1.54, 1.807) is 29.2 Å². The second kappa shape index (κ2) is 10.9. The van der Waals surface area contributed by atoms with Crippen LogP contribution in [-0.2, 0) is 11.3 Å². The number of halogens is 3. The molecule has 1 aromatic heterocycles. The molecule has 37 heavy (non-hydrogen) atoms. The lowest BCUT2D eigenvalue weighted by molar-refractivity contribution is -0.129. The van der Waals surface area contributed by atoms with Gasteiger partial charge in [-0.15, -0.1) is 0 Å². The van der Waals surface area contributed by atoms with Gasteiger partial charge in [0.2, 0.25) is 11.3 Å². The fourth-order valence-corrected chi connectivity index (χ4v) is 4.43. The van der Waals surface area contributed by atoms with Crippen molar-refractivity contribution in [3.05, 3.63) is 75.6 Å². The van der Waals surface area contributed by atoms with E-state index in [2.05, 4.69) is 0 Å². The molecule has 1 aliphatic heterocycles. The Hall–Kier alpha value is -4.08. The lowest BCUT2D eigenvalue weighted by Gasteiger charge is -2.36. The van der Waals surface area contributed by atoms with E-state index in [1.807, 2.05) is 0 Å². The third-order valence-corrected chi connectivity index (χ3v) is 6.40. The molecule has 1 amide bonds. The monoisotopic (exact) mass is 513 g/mol. The molecule has 2 heterocycles. The molecule has 3 aromatic rings. The number of rotatable bonds is 7. The fourth-order valence-electron chi connectivity index (χ4n) is 4.43. The summed E-state index contributed by atoms with van der Waals surface area (Å²) in [6.45, 7) is 1.16. The minimum Gasteiger partial charge on any atom is -0.497 e. The van der Waals surface area contributed by atoms with Gasteiger partial charge in [0, 0.05) is 39.3 Å². The molecule has 1 saturated heterocycles. The minimum absolute atomic E-state index is 0.130. The van der Waals surface area contributed by atoms with Crippen molar-refractivity contribution in [2.24, 2.45) is 0 Å². The zero-order chi connectivity index (χ0) is 26.7. The number of nitrogens with zero attached hydrogens (tertiary/aromatic N) is 3. The van der Waals surface area contributed by atoms with E-state index < -0.39 is 29.5 Å². The third-order valence-electron chi connectivity index (χ3n) is 6.40. The van der Waals surface area contributed by atoms with Crippen molar-refractivity contribution in [1.29, 1.82) is 0 Å². The number of alkyl halides is 1. The Morgan fingerprint density at radius 1 is 1.08 bits per heavy atom. The molecule has 194 valence electrons. The van der Waals surface area contributed by atoms with Gasteiger partial charge in [-0.25, -0.2) is 13.2 Å². The van der Waals surface area contributed by atoms with Crippen molar-refractivity contribution in [3.8, 4) is 5.75 Å². The molecular weight excluding hydrogens is 487 g/mol. The molecule has 1 fully saturated rings. The Balaban J connectivity index is 1.74. The molecule has 7 nitrogen and oxygen atoms in total. The number of pyridine rings is 1. The molecule has 0 radical (unpaired) electrons. The highest BCUT2D eigenvalue weighted by Gasteiger charge is 2.27. The summed E-state index contributed by atoms with van der Waals surface area (Å²) in [6, 6.07) is 7.74. The highest BCUT2D eigenvalue weighted by molar-refractivity contribution is 6.08. The average Bonchev–Trinajstić information content (AvgIpc) is 2.89. The number of ether oxygens (including phenoxy) is 1. The first kappa shape index (κ1) is 26.0. The van der Waals surface area contributed by atoms with Gasteiger partial charge in [-0.1, -0.05) is 18.2 Å². The van der Waals surface area contributed by atoms with Crippen molar-refractivity contribution in [1.82, 2.24) is 9.47 Å². The number of hydrogen-bond donors (Lipinski definition) is 0. The third kappa shape index (κ3) is 5.23. The molecule has 10 heteroatoms. The first-order valence-electron chi connectivity index (χ1n) is 11.7. The predicted molar refractivity (Wildman–Crippen MR) is 135 cm³/mol. The van der Waals surface area contributed by atoms with Gasteiger partial charge in [0.1, 0.15) is 23.9 Å². The smallest absolute Gasteiger partial charge is 0.219 e. The number of allylic oxidation sites excluding steroid dienone is 1. The molecule has 0 unspecified atom stereocenters. The van der Waals surface area contributed by atoms with Crippen LogP contribution in [0.5, 0.6) is 5.75 Å². The van der Waals surface area contributed by atoms with Crippen LogP contribution in [0.25, 0.3) is 17.0 Å². The van der Waals surface area contributed by atoms with Crippen LogP contribution in [0, 0.1) is 11.6 Å². The number of carbonyl (C=O) groups excluding carboxylic acids is 2. The lowest BCUT2D eigenvalue weighted by atomic mass is 10.0. The Bertz CT molecular complexity index is 1430. The summed E-state index contributed by atoms with van der Waals surface area (Å²) in [5, 5.41) is -0.349. The highest BCUT2D eigenvalue weighted by atomic mass is 19.1. The van der Waals surface area contributed by atoms with Gasteiger partial charge in [-0.05, 0) is 29.8 Å². The largest absolute Gasteiger partial charge is 0.497 e. The van der Waals surface area contributed by atoms with E-state index in [1.165, 1.54) is 31.1 Å². The molecule has 0 bridgehead atoms. The van der Waals surface area contributed by atoms with Crippen LogP contribution in [0.3, 0.4) is 0 Å². The Kier molecular flexibility index (Phi) is 7.66. The molecule has 2 aromatic carbocycles. The summed E-state index contributed by atoms with van der Waals surface area (Å²) < 4.78 is 50.6. The summed E-state index contributed by atoms with van der Waals surface area (Å²) in [4.78, 5) is 40.7. The topological polar surface area (TPSA) is 71.8 Å². The number of fused-ring (bicyclic) bond motifs is 1. The van der Waals surface area contributed by atoms with E-state index in [9.17, 15) is 18.8 Å². The molecular formula is C27H26F3N3O4. The number of piperazine rings is 1. The van der Waals surface area contributed by atoms with Crippen molar-refractivity contribution in [2.75, 3.05) is 44.9 Å². The Labute approximate surface area is 211 Å². The maximum atomic E-state index is 15.7. The standard InChI is InChI=1S/C27H26F3N3O4/c1-17(34)31-11-13-32(14-12-31)26-22(29)15-20-25(24(26)30)33(10-9-28)16-21(27(20)36)23(35)8-5-18-3-6-19(37-2)7-4-18/h3-8,15-16H,9-14H2,1-2H3. The number of anilines is 1. The van der Waals surface area contributed by atoms with Gasteiger partial charge in [0.05, 0.1) is 30.1 Å². The van der Waals surface area contributed by atoms with E-state index >= 15 is 8.78 Å². The van der Waals surface area contributed by atoms with Crippen molar-refractivity contribution >= 4 is 34.4 Å². The molecule has 0 atom stereocenters. The predicted octanol–water partition coefficient (Wildman–Crippen LogP) is 3.82. The van der Waals surface area contributed by atoms with Crippen LogP contribution in [0.15, 0.2) is 47.4 Å². The first-order chi connectivity index (χ1) is 17.7. The summed E-state index contributed by atoms with van der Waals surface area (Å²) in [5.74, 6) is -2.15. The number of aryl methyl sites for hydroxylation is 1.